The highest BCUT2D eigenvalue weighted by Crippen LogP contribution is 2.47. The number of hydrogen-bond donors (Lipinski definition) is 2. The molecule has 1 aliphatic carbocycles. The second-order valence-electron chi connectivity index (χ2n) is 5.92. The summed E-state index contributed by atoms with van der Waals surface area (Å²) in [6, 6.07) is 8.35. The van der Waals surface area contributed by atoms with E-state index in [1.807, 2.05) is 12.1 Å². The summed E-state index contributed by atoms with van der Waals surface area (Å²) in [6.07, 6.45) is 5.72. The Morgan fingerprint density at radius 2 is 2.00 bits per heavy atom. The molecule has 1 aromatic rings. The minimum Gasteiger partial charge on any atom is -0.494 e. The van der Waals surface area contributed by atoms with Crippen molar-refractivity contribution in [1.29, 1.82) is 0 Å². The van der Waals surface area contributed by atoms with Gasteiger partial charge in [-0.05, 0) is 48.8 Å². The average Bonchev–Trinajstić information content (AvgIpc) is 3.21. The molecule has 0 heterocycles. The highest BCUT2D eigenvalue weighted by atomic mass is 16.5. The van der Waals surface area contributed by atoms with Crippen molar-refractivity contribution in [1.82, 2.24) is 5.32 Å². The minimum atomic E-state index is 0.311. The van der Waals surface area contributed by atoms with Crippen molar-refractivity contribution in [3.63, 3.8) is 0 Å². The zero-order valence-electron chi connectivity index (χ0n) is 12.5. The molecular weight excluding hydrogens is 250 g/mol. The number of benzene rings is 1. The van der Waals surface area contributed by atoms with Crippen LogP contribution in [0.3, 0.4) is 0 Å². The molecule has 20 heavy (non-hydrogen) atoms. The molecule has 0 spiro atoms. The van der Waals surface area contributed by atoms with E-state index in [9.17, 15) is 0 Å². The fourth-order valence-corrected chi connectivity index (χ4v) is 2.44. The third-order valence-corrected chi connectivity index (χ3v) is 4.12. The quantitative estimate of drug-likeness (QED) is 0.646. The maximum Gasteiger partial charge on any atom is 0.119 e. The largest absolute Gasteiger partial charge is 0.494 e. The standard InChI is InChI=1S/C17H27NO2/c1-2-3-12-20-16-6-4-15(5-7-16)13-18-14-17(8-9-17)10-11-19/h4-7,18-19H,2-3,8-14H2,1H3. The Morgan fingerprint density at radius 3 is 2.60 bits per heavy atom. The van der Waals surface area contributed by atoms with Crippen LogP contribution in [0.2, 0.25) is 0 Å². The average molecular weight is 277 g/mol. The molecule has 1 fully saturated rings. The Morgan fingerprint density at radius 1 is 1.25 bits per heavy atom. The fourth-order valence-electron chi connectivity index (χ4n) is 2.44. The van der Waals surface area contributed by atoms with Gasteiger partial charge in [-0.3, -0.25) is 0 Å². The Labute approximate surface area is 122 Å². The molecule has 0 unspecified atom stereocenters. The molecule has 0 amide bonds. The number of unbranched alkanes of at least 4 members (excludes halogenated alkanes) is 1. The molecule has 3 nitrogen and oxygen atoms in total. The molecule has 0 atom stereocenters. The number of ether oxygens (including phenoxy) is 1. The van der Waals surface area contributed by atoms with Gasteiger partial charge >= 0.3 is 0 Å². The van der Waals surface area contributed by atoms with Crippen LogP contribution < -0.4 is 10.1 Å². The predicted octanol–water partition coefficient (Wildman–Crippen LogP) is 3.12. The van der Waals surface area contributed by atoms with Gasteiger partial charge in [0, 0.05) is 19.7 Å². The van der Waals surface area contributed by atoms with Crippen LogP contribution in [0.15, 0.2) is 24.3 Å². The second-order valence-corrected chi connectivity index (χ2v) is 5.92. The summed E-state index contributed by atoms with van der Waals surface area (Å²) in [4.78, 5) is 0. The maximum absolute atomic E-state index is 9.04. The number of aliphatic hydroxyl groups excluding tert-OH is 1. The third-order valence-electron chi connectivity index (χ3n) is 4.12. The van der Waals surface area contributed by atoms with Crippen LogP contribution in [0, 0.1) is 5.41 Å². The van der Waals surface area contributed by atoms with Crippen molar-refractivity contribution in [2.45, 2.75) is 45.6 Å². The van der Waals surface area contributed by atoms with Crippen molar-refractivity contribution in [2.75, 3.05) is 19.8 Å². The summed E-state index contributed by atoms with van der Waals surface area (Å²) in [6.45, 7) is 5.19. The zero-order valence-corrected chi connectivity index (χ0v) is 12.5. The third kappa shape index (κ3) is 4.80. The van der Waals surface area contributed by atoms with Gasteiger partial charge in [-0.15, -0.1) is 0 Å². The highest BCUT2D eigenvalue weighted by molar-refractivity contribution is 5.27. The molecule has 0 aliphatic heterocycles. The van der Waals surface area contributed by atoms with Crippen molar-refractivity contribution in [2.24, 2.45) is 5.41 Å². The summed E-state index contributed by atoms with van der Waals surface area (Å²) >= 11 is 0. The normalized spacial score (nSPS) is 16.1. The van der Waals surface area contributed by atoms with E-state index in [0.29, 0.717) is 12.0 Å². The van der Waals surface area contributed by atoms with Gasteiger partial charge in [-0.2, -0.15) is 0 Å². The summed E-state index contributed by atoms with van der Waals surface area (Å²) in [5, 5.41) is 12.5. The number of nitrogens with one attached hydrogen (secondary N) is 1. The van der Waals surface area contributed by atoms with E-state index in [1.165, 1.54) is 18.4 Å². The lowest BCUT2D eigenvalue weighted by Gasteiger charge is -2.14. The SMILES string of the molecule is CCCCOc1ccc(CNCC2(CCO)CC2)cc1. The van der Waals surface area contributed by atoms with Gasteiger partial charge in [-0.25, -0.2) is 0 Å². The summed E-state index contributed by atoms with van der Waals surface area (Å²) in [5.74, 6) is 0.959. The molecule has 0 bridgehead atoms. The molecule has 2 N–H and O–H groups in total. The maximum atomic E-state index is 9.04. The smallest absolute Gasteiger partial charge is 0.119 e. The first-order valence-electron chi connectivity index (χ1n) is 7.81. The number of rotatable bonds is 10. The van der Waals surface area contributed by atoms with Crippen LogP contribution >= 0.6 is 0 Å². The van der Waals surface area contributed by atoms with Gasteiger partial charge < -0.3 is 15.2 Å². The van der Waals surface area contributed by atoms with Gasteiger partial charge in [0.1, 0.15) is 5.75 Å². The summed E-state index contributed by atoms with van der Waals surface area (Å²) < 4.78 is 5.65. The van der Waals surface area contributed by atoms with E-state index >= 15 is 0 Å². The lowest BCUT2D eigenvalue weighted by Crippen LogP contribution is -2.24. The highest BCUT2D eigenvalue weighted by Gasteiger charge is 2.41. The molecule has 0 saturated heterocycles. The first-order chi connectivity index (χ1) is 9.78. The Bertz CT molecular complexity index is 384. The fraction of sp³-hybridized carbons (Fsp3) is 0.647. The monoisotopic (exact) mass is 277 g/mol. The first-order valence-corrected chi connectivity index (χ1v) is 7.81. The van der Waals surface area contributed by atoms with Crippen LogP contribution in [-0.4, -0.2) is 24.9 Å². The molecule has 0 aromatic heterocycles. The molecule has 1 aromatic carbocycles. The van der Waals surface area contributed by atoms with E-state index in [2.05, 4.69) is 24.4 Å². The molecule has 1 saturated carbocycles. The van der Waals surface area contributed by atoms with E-state index in [4.69, 9.17) is 9.84 Å². The van der Waals surface area contributed by atoms with Crippen LogP contribution in [0.1, 0.15) is 44.6 Å². The Balaban J connectivity index is 1.68. The Kier molecular flexibility index (Phi) is 5.86. The van der Waals surface area contributed by atoms with E-state index in [0.717, 1.165) is 44.7 Å². The van der Waals surface area contributed by atoms with Crippen molar-refractivity contribution in [3.05, 3.63) is 29.8 Å². The van der Waals surface area contributed by atoms with E-state index in [-0.39, 0.29) is 0 Å². The van der Waals surface area contributed by atoms with Gasteiger partial charge in [0.2, 0.25) is 0 Å². The van der Waals surface area contributed by atoms with Crippen LogP contribution in [-0.2, 0) is 6.54 Å². The van der Waals surface area contributed by atoms with Crippen molar-refractivity contribution < 1.29 is 9.84 Å². The van der Waals surface area contributed by atoms with Crippen LogP contribution in [0.5, 0.6) is 5.75 Å². The lowest BCUT2D eigenvalue weighted by molar-refractivity contribution is 0.245. The molecule has 0 radical (unpaired) electrons. The van der Waals surface area contributed by atoms with Crippen LogP contribution in [0.25, 0.3) is 0 Å². The van der Waals surface area contributed by atoms with E-state index < -0.39 is 0 Å². The number of aliphatic hydroxyl groups is 1. The van der Waals surface area contributed by atoms with Crippen molar-refractivity contribution >= 4 is 0 Å². The second kappa shape index (κ2) is 7.65. The summed E-state index contributed by atoms with van der Waals surface area (Å²) in [5.41, 5.74) is 1.67. The van der Waals surface area contributed by atoms with Crippen LogP contribution in [0.4, 0.5) is 0 Å². The first kappa shape index (κ1) is 15.3. The Hall–Kier alpha value is -1.06. The molecule has 2 rings (SSSR count). The number of hydrogen-bond acceptors (Lipinski definition) is 3. The molecule has 1 aliphatic rings. The van der Waals surface area contributed by atoms with Crippen molar-refractivity contribution in [3.8, 4) is 5.75 Å². The van der Waals surface area contributed by atoms with Gasteiger partial charge in [0.15, 0.2) is 0 Å². The predicted molar refractivity (Wildman–Crippen MR) is 81.9 cm³/mol. The van der Waals surface area contributed by atoms with Gasteiger partial charge in [0.05, 0.1) is 6.61 Å². The molecule has 3 heteroatoms. The van der Waals surface area contributed by atoms with Gasteiger partial charge in [-0.1, -0.05) is 25.5 Å². The summed E-state index contributed by atoms with van der Waals surface area (Å²) in [7, 11) is 0. The molecule has 112 valence electrons. The minimum absolute atomic E-state index is 0.311. The van der Waals surface area contributed by atoms with E-state index in [1.54, 1.807) is 0 Å². The zero-order chi connectivity index (χ0) is 14.3. The lowest BCUT2D eigenvalue weighted by atomic mass is 10.0. The topological polar surface area (TPSA) is 41.5 Å². The van der Waals surface area contributed by atoms with Gasteiger partial charge in [0.25, 0.3) is 0 Å². The molecular formula is C17H27NO2.